The zero-order chi connectivity index (χ0) is 14.9. The van der Waals surface area contributed by atoms with Gasteiger partial charge in [0.1, 0.15) is 0 Å². The Morgan fingerprint density at radius 2 is 2.00 bits per heavy atom. The molecule has 1 aliphatic carbocycles. The van der Waals surface area contributed by atoms with Gasteiger partial charge in [0, 0.05) is 5.41 Å². The summed E-state index contributed by atoms with van der Waals surface area (Å²) in [5.41, 5.74) is -0.113. The summed E-state index contributed by atoms with van der Waals surface area (Å²) in [4.78, 5) is 12.1. The summed E-state index contributed by atoms with van der Waals surface area (Å²) in [5, 5.41) is 12.9. The van der Waals surface area contributed by atoms with Gasteiger partial charge >= 0.3 is 0 Å². The van der Waals surface area contributed by atoms with Crippen molar-refractivity contribution in [2.24, 2.45) is 5.41 Å². The number of hydrogen-bond acceptors (Lipinski definition) is 2. The Hall–Kier alpha value is -1.49. The van der Waals surface area contributed by atoms with Crippen LogP contribution in [0.3, 0.4) is 0 Å². The average molecular weight is 283 g/mol. The lowest BCUT2D eigenvalue weighted by Gasteiger charge is -2.38. The molecule has 2 rings (SSSR count). The number of carbonyl (C=O) groups is 1. The monoisotopic (exact) mass is 283 g/mol. The van der Waals surface area contributed by atoms with E-state index in [0.29, 0.717) is 0 Å². The third-order valence-corrected chi connectivity index (χ3v) is 4.12. The van der Waals surface area contributed by atoms with Crippen LogP contribution in [0.1, 0.15) is 44.8 Å². The molecule has 20 heavy (non-hydrogen) atoms. The number of benzene rings is 1. The first-order chi connectivity index (χ1) is 9.33. The van der Waals surface area contributed by atoms with Gasteiger partial charge in [-0.1, -0.05) is 19.4 Å². The summed E-state index contributed by atoms with van der Waals surface area (Å²) in [5.74, 6) is -2.07. The Balaban J connectivity index is 2.02. The smallest absolute Gasteiger partial charge is 0.226 e. The highest BCUT2D eigenvalue weighted by Gasteiger charge is 2.40. The number of rotatable bonds is 4. The highest BCUT2D eigenvalue weighted by molar-refractivity contribution is 5.83. The predicted octanol–water partition coefficient (Wildman–Crippen LogP) is 2.69. The van der Waals surface area contributed by atoms with Crippen LogP contribution in [0.5, 0.6) is 0 Å². The highest BCUT2D eigenvalue weighted by Crippen LogP contribution is 2.40. The molecule has 1 aliphatic rings. The number of aliphatic hydroxyl groups excluding tert-OH is 1. The molecule has 0 radical (unpaired) electrons. The van der Waals surface area contributed by atoms with Crippen LogP contribution in [0.15, 0.2) is 18.2 Å². The molecule has 2 N–H and O–H groups in total. The van der Waals surface area contributed by atoms with E-state index in [2.05, 4.69) is 5.32 Å². The van der Waals surface area contributed by atoms with Crippen LogP contribution < -0.4 is 5.32 Å². The van der Waals surface area contributed by atoms with E-state index in [1.54, 1.807) is 6.92 Å². The Morgan fingerprint density at radius 1 is 1.35 bits per heavy atom. The van der Waals surface area contributed by atoms with Crippen molar-refractivity contribution in [1.82, 2.24) is 5.32 Å². The minimum atomic E-state index is -1.07. The van der Waals surface area contributed by atoms with Crippen LogP contribution >= 0.6 is 0 Å². The highest BCUT2D eigenvalue weighted by atomic mass is 19.2. The second-order valence-electron chi connectivity index (χ2n) is 5.79. The fourth-order valence-electron chi connectivity index (χ4n) is 2.38. The quantitative estimate of drug-likeness (QED) is 0.892. The number of amides is 1. The fraction of sp³-hybridized carbons (Fsp3) is 0.533. The molecule has 2 unspecified atom stereocenters. The van der Waals surface area contributed by atoms with Gasteiger partial charge in [0.25, 0.3) is 0 Å². The number of aliphatic hydroxyl groups is 1. The molecular weight excluding hydrogens is 264 g/mol. The molecular formula is C15H19F2NO2. The maximum absolute atomic E-state index is 13.1. The minimum absolute atomic E-state index is 0.0992. The molecule has 5 heteroatoms. The lowest BCUT2D eigenvalue weighted by molar-refractivity contribution is -0.136. The van der Waals surface area contributed by atoms with Gasteiger partial charge in [-0.15, -0.1) is 0 Å². The van der Waals surface area contributed by atoms with E-state index in [1.165, 1.54) is 6.07 Å². The van der Waals surface area contributed by atoms with Crippen molar-refractivity contribution in [3.05, 3.63) is 35.4 Å². The third-order valence-electron chi connectivity index (χ3n) is 4.12. The fourth-order valence-corrected chi connectivity index (χ4v) is 2.38. The standard InChI is InChI=1S/C15H19F2NO2/c1-9(18-14(20)15(2)6-3-7-15)13(19)10-4-5-11(16)12(17)8-10/h4-5,8-9,13,19H,3,6-7H2,1-2H3,(H,18,20). The summed E-state index contributed by atoms with van der Waals surface area (Å²) < 4.78 is 26.0. The average Bonchev–Trinajstić information content (AvgIpc) is 2.38. The second-order valence-corrected chi connectivity index (χ2v) is 5.79. The lowest BCUT2D eigenvalue weighted by Crippen LogP contribution is -2.48. The van der Waals surface area contributed by atoms with Crippen LogP contribution in [-0.2, 0) is 4.79 Å². The van der Waals surface area contributed by atoms with Crippen molar-refractivity contribution < 1.29 is 18.7 Å². The third kappa shape index (κ3) is 2.82. The molecule has 2 atom stereocenters. The number of nitrogens with one attached hydrogen (secondary N) is 1. The van der Waals surface area contributed by atoms with Crippen molar-refractivity contribution in [2.75, 3.05) is 0 Å². The Labute approximate surface area is 117 Å². The van der Waals surface area contributed by atoms with E-state index < -0.39 is 23.8 Å². The van der Waals surface area contributed by atoms with Gasteiger partial charge in [0.2, 0.25) is 5.91 Å². The second kappa shape index (κ2) is 5.48. The van der Waals surface area contributed by atoms with Crippen LogP contribution in [-0.4, -0.2) is 17.1 Å². The van der Waals surface area contributed by atoms with E-state index in [1.807, 2.05) is 6.92 Å². The van der Waals surface area contributed by atoms with Gasteiger partial charge in [-0.25, -0.2) is 8.78 Å². The maximum Gasteiger partial charge on any atom is 0.226 e. The number of hydrogen-bond donors (Lipinski definition) is 2. The molecule has 0 bridgehead atoms. The first kappa shape index (κ1) is 14.9. The molecule has 1 amide bonds. The summed E-state index contributed by atoms with van der Waals surface area (Å²) in [6.45, 7) is 3.54. The molecule has 110 valence electrons. The minimum Gasteiger partial charge on any atom is -0.386 e. The molecule has 1 fully saturated rings. The molecule has 0 saturated heterocycles. The van der Waals surface area contributed by atoms with E-state index in [-0.39, 0.29) is 16.9 Å². The van der Waals surface area contributed by atoms with Crippen molar-refractivity contribution in [3.63, 3.8) is 0 Å². The Kier molecular flexibility index (Phi) is 4.09. The van der Waals surface area contributed by atoms with Gasteiger partial charge in [-0.05, 0) is 37.5 Å². The lowest BCUT2D eigenvalue weighted by atomic mass is 9.69. The first-order valence-electron chi connectivity index (χ1n) is 6.77. The molecule has 3 nitrogen and oxygen atoms in total. The van der Waals surface area contributed by atoms with Gasteiger partial charge in [-0.3, -0.25) is 4.79 Å². The van der Waals surface area contributed by atoms with Crippen molar-refractivity contribution >= 4 is 5.91 Å². The van der Waals surface area contributed by atoms with Crippen molar-refractivity contribution in [2.45, 2.75) is 45.3 Å². The van der Waals surface area contributed by atoms with Crippen molar-refractivity contribution in [1.29, 1.82) is 0 Å². The molecule has 1 saturated carbocycles. The largest absolute Gasteiger partial charge is 0.386 e. The zero-order valence-electron chi connectivity index (χ0n) is 11.6. The molecule has 1 aromatic carbocycles. The van der Waals surface area contributed by atoms with Crippen LogP contribution in [0, 0.1) is 17.0 Å². The van der Waals surface area contributed by atoms with Gasteiger partial charge < -0.3 is 10.4 Å². The van der Waals surface area contributed by atoms with E-state index in [9.17, 15) is 18.7 Å². The summed E-state index contributed by atoms with van der Waals surface area (Å²) >= 11 is 0. The summed E-state index contributed by atoms with van der Waals surface area (Å²) in [6.07, 6.45) is 1.64. The normalized spacial score (nSPS) is 19.9. The molecule has 1 aromatic rings. The van der Waals surface area contributed by atoms with Gasteiger partial charge in [0.05, 0.1) is 12.1 Å². The molecule has 0 aromatic heterocycles. The molecule has 0 spiro atoms. The van der Waals surface area contributed by atoms with E-state index >= 15 is 0 Å². The van der Waals surface area contributed by atoms with Gasteiger partial charge in [0.15, 0.2) is 11.6 Å². The molecule has 0 aliphatic heterocycles. The molecule has 0 heterocycles. The zero-order valence-corrected chi connectivity index (χ0v) is 11.6. The van der Waals surface area contributed by atoms with Crippen molar-refractivity contribution in [3.8, 4) is 0 Å². The van der Waals surface area contributed by atoms with Crippen LogP contribution in [0.2, 0.25) is 0 Å². The Morgan fingerprint density at radius 3 is 2.50 bits per heavy atom. The topological polar surface area (TPSA) is 49.3 Å². The maximum atomic E-state index is 13.1. The summed E-state index contributed by atoms with van der Waals surface area (Å²) in [6, 6.07) is 2.67. The summed E-state index contributed by atoms with van der Waals surface area (Å²) in [7, 11) is 0. The van der Waals surface area contributed by atoms with Crippen LogP contribution in [0.4, 0.5) is 8.78 Å². The van der Waals surface area contributed by atoms with Gasteiger partial charge in [-0.2, -0.15) is 0 Å². The SMILES string of the molecule is CC(NC(=O)C1(C)CCC1)C(O)c1ccc(F)c(F)c1. The predicted molar refractivity (Wildman–Crippen MR) is 70.9 cm³/mol. The Bertz CT molecular complexity index is 515. The van der Waals surface area contributed by atoms with Crippen LogP contribution in [0.25, 0.3) is 0 Å². The number of halogens is 2. The first-order valence-corrected chi connectivity index (χ1v) is 6.77. The van der Waals surface area contributed by atoms with E-state index in [4.69, 9.17) is 0 Å². The van der Waals surface area contributed by atoms with E-state index in [0.717, 1.165) is 31.4 Å². The number of carbonyl (C=O) groups excluding carboxylic acids is 1.